The standard InChI is InChI=1S/C18H14ClN/c1-2-18(12-20)16-6-4-3-5-15(16)17(18)11-13-7-9-14(19)10-8-13/h3-11H,2H2,1H3/b17-11+. The zero-order chi connectivity index (χ0) is 14.2. The van der Waals surface area contributed by atoms with Crippen LogP contribution in [-0.2, 0) is 5.41 Å². The quantitative estimate of drug-likeness (QED) is 0.753. The highest BCUT2D eigenvalue weighted by atomic mass is 35.5. The highest BCUT2D eigenvalue weighted by Gasteiger charge is 2.46. The van der Waals surface area contributed by atoms with Gasteiger partial charge in [-0.15, -0.1) is 0 Å². The van der Waals surface area contributed by atoms with Crippen LogP contribution in [0.15, 0.2) is 48.5 Å². The van der Waals surface area contributed by atoms with Crippen LogP contribution >= 0.6 is 11.6 Å². The fourth-order valence-electron chi connectivity index (χ4n) is 2.91. The Kier molecular flexibility index (Phi) is 3.12. The Hall–Kier alpha value is -2.04. The first kappa shape index (κ1) is 13.0. The molecule has 2 heteroatoms. The van der Waals surface area contributed by atoms with Crippen molar-refractivity contribution in [2.75, 3.05) is 0 Å². The van der Waals surface area contributed by atoms with Crippen LogP contribution in [0.25, 0.3) is 11.6 Å². The Balaban J connectivity index is 2.14. The molecule has 2 aromatic rings. The molecule has 0 bridgehead atoms. The smallest absolute Gasteiger partial charge is 0.108 e. The van der Waals surface area contributed by atoms with Gasteiger partial charge in [-0.25, -0.2) is 0 Å². The molecule has 0 N–H and O–H groups in total. The lowest BCUT2D eigenvalue weighted by Gasteiger charge is -2.41. The SMILES string of the molecule is CCC1(C#N)/C(=C/c2ccc(Cl)cc2)c2ccccc21. The molecule has 0 saturated carbocycles. The molecule has 0 amide bonds. The number of rotatable bonds is 2. The number of nitriles is 1. The number of hydrogen-bond donors (Lipinski definition) is 0. The molecule has 1 unspecified atom stereocenters. The molecule has 0 spiro atoms. The zero-order valence-corrected chi connectivity index (χ0v) is 12.0. The van der Waals surface area contributed by atoms with Gasteiger partial charge in [0.25, 0.3) is 0 Å². The summed E-state index contributed by atoms with van der Waals surface area (Å²) in [7, 11) is 0. The molecule has 0 aromatic heterocycles. The molecule has 98 valence electrons. The highest BCUT2D eigenvalue weighted by Crippen LogP contribution is 2.53. The van der Waals surface area contributed by atoms with E-state index in [1.54, 1.807) is 0 Å². The van der Waals surface area contributed by atoms with Gasteiger partial charge in [-0.1, -0.05) is 54.9 Å². The summed E-state index contributed by atoms with van der Waals surface area (Å²) >= 11 is 5.91. The van der Waals surface area contributed by atoms with E-state index in [1.165, 1.54) is 5.56 Å². The Morgan fingerprint density at radius 1 is 1.15 bits per heavy atom. The average molecular weight is 280 g/mol. The summed E-state index contributed by atoms with van der Waals surface area (Å²) < 4.78 is 0. The van der Waals surface area contributed by atoms with E-state index in [2.05, 4.69) is 31.2 Å². The van der Waals surface area contributed by atoms with Crippen molar-refractivity contribution >= 4 is 23.3 Å². The van der Waals surface area contributed by atoms with Crippen molar-refractivity contribution in [2.24, 2.45) is 0 Å². The maximum Gasteiger partial charge on any atom is 0.108 e. The van der Waals surface area contributed by atoms with Gasteiger partial charge in [0.05, 0.1) is 6.07 Å². The third kappa shape index (κ3) is 1.77. The lowest BCUT2D eigenvalue weighted by Crippen LogP contribution is -2.35. The number of fused-ring (bicyclic) bond motifs is 1. The van der Waals surface area contributed by atoms with Crippen LogP contribution in [-0.4, -0.2) is 0 Å². The molecular formula is C18H14ClN. The van der Waals surface area contributed by atoms with Crippen LogP contribution in [0, 0.1) is 11.3 Å². The van der Waals surface area contributed by atoms with Crippen LogP contribution in [0.2, 0.25) is 5.02 Å². The van der Waals surface area contributed by atoms with Crippen molar-refractivity contribution < 1.29 is 0 Å². The van der Waals surface area contributed by atoms with E-state index in [9.17, 15) is 5.26 Å². The lowest BCUT2D eigenvalue weighted by molar-refractivity contribution is 0.639. The van der Waals surface area contributed by atoms with Crippen molar-refractivity contribution in [3.63, 3.8) is 0 Å². The zero-order valence-electron chi connectivity index (χ0n) is 11.2. The molecule has 1 atom stereocenters. The summed E-state index contributed by atoms with van der Waals surface area (Å²) in [4.78, 5) is 0. The van der Waals surface area contributed by atoms with E-state index < -0.39 is 5.41 Å². The summed E-state index contributed by atoms with van der Waals surface area (Å²) in [6, 6.07) is 18.4. The fraction of sp³-hybridized carbons (Fsp3) is 0.167. The summed E-state index contributed by atoms with van der Waals surface area (Å²) in [6.45, 7) is 2.06. The predicted molar refractivity (Wildman–Crippen MR) is 83.3 cm³/mol. The third-order valence-electron chi connectivity index (χ3n) is 4.04. The average Bonchev–Trinajstić information content (AvgIpc) is 2.48. The molecule has 2 aromatic carbocycles. The fourth-order valence-corrected chi connectivity index (χ4v) is 3.04. The first-order valence-corrected chi connectivity index (χ1v) is 7.08. The molecule has 0 heterocycles. The summed E-state index contributed by atoms with van der Waals surface area (Å²) in [6.07, 6.45) is 2.89. The normalized spacial score (nSPS) is 21.9. The Labute approximate surface area is 124 Å². The van der Waals surface area contributed by atoms with Crippen molar-refractivity contribution in [3.8, 4) is 6.07 Å². The Morgan fingerprint density at radius 3 is 2.50 bits per heavy atom. The van der Waals surface area contributed by atoms with Gasteiger partial charge in [0, 0.05) is 5.02 Å². The third-order valence-corrected chi connectivity index (χ3v) is 4.29. The number of benzene rings is 2. The molecule has 0 fully saturated rings. The van der Waals surface area contributed by atoms with Crippen LogP contribution in [0.5, 0.6) is 0 Å². The Morgan fingerprint density at radius 2 is 1.85 bits per heavy atom. The summed E-state index contributed by atoms with van der Waals surface area (Å²) in [5.41, 5.74) is 4.06. The molecule has 1 nitrogen and oxygen atoms in total. The van der Waals surface area contributed by atoms with E-state index in [0.29, 0.717) is 0 Å². The topological polar surface area (TPSA) is 23.8 Å². The van der Waals surface area contributed by atoms with Crippen LogP contribution in [0.3, 0.4) is 0 Å². The number of nitrogens with zero attached hydrogens (tertiary/aromatic N) is 1. The maximum atomic E-state index is 9.66. The van der Waals surface area contributed by atoms with Gasteiger partial charge in [-0.3, -0.25) is 0 Å². The van der Waals surface area contributed by atoms with E-state index in [4.69, 9.17) is 11.6 Å². The first-order valence-electron chi connectivity index (χ1n) is 6.70. The Bertz CT molecular complexity index is 722. The van der Waals surface area contributed by atoms with E-state index in [0.717, 1.165) is 28.1 Å². The molecule has 1 aliphatic carbocycles. The summed E-state index contributed by atoms with van der Waals surface area (Å²) in [5.74, 6) is 0. The summed E-state index contributed by atoms with van der Waals surface area (Å²) in [5, 5.41) is 10.4. The van der Waals surface area contributed by atoms with Gasteiger partial charge in [0.15, 0.2) is 0 Å². The minimum absolute atomic E-state index is 0.462. The molecule has 0 aliphatic heterocycles. The monoisotopic (exact) mass is 279 g/mol. The van der Waals surface area contributed by atoms with E-state index in [-0.39, 0.29) is 0 Å². The predicted octanol–water partition coefficient (Wildman–Crippen LogP) is 5.07. The molecule has 20 heavy (non-hydrogen) atoms. The van der Waals surface area contributed by atoms with Crippen molar-refractivity contribution in [3.05, 3.63) is 70.2 Å². The van der Waals surface area contributed by atoms with Crippen LogP contribution in [0.1, 0.15) is 30.0 Å². The molecule has 3 rings (SSSR count). The first-order chi connectivity index (χ1) is 9.71. The van der Waals surface area contributed by atoms with Gasteiger partial charge in [-0.05, 0) is 46.9 Å². The van der Waals surface area contributed by atoms with Crippen molar-refractivity contribution in [2.45, 2.75) is 18.8 Å². The molecule has 1 aliphatic rings. The minimum Gasteiger partial charge on any atom is -0.197 e. The highest BCUT2D eigenvalue weighted by molar-refractivity contribution is 6.30. The van der Waals surface area contributed by atoms with Crippen molar-refractivity contribution in [1.29, 1.82) is 5.26 Å². The maximum absolute atomic E-state index is 9.66. The lowest BCUT2D eigenvalue weighted by atomic mass is 9.59. The van der Waals surface area contributed by atoms with Crippen LogP contribution < -0.4 is 0 Å². The van der Waals surface area contributed by atoms with Gasteiger partial charge < -0.3 is 0 Å². The molecule has 0 radical (unpaired) electrons. The van der Waals surface area contributed by atoms with Gasteiger partial charge in [-0.2, -0.15) is 5.26 Å². The van der Waals surface area contributed by atoms with Gasteiger partial charge >= 0.3 is 0 Å². The molecular weight excluding hydrogens is 266 g/mol. The van der Waals surface area contributed by atoms with Gasteiger partial charge in [0.2, 0.25) is 0 Å². The second-order valence-corrected chi connectivity index (χ2v) is 5.46. The largest absolute Gasteiger partial charge is 0.197 e. The number of allylic oxidation sites excluding steroid dienone is 1. The van der Waals surface area contributed by atoms with Crippen LogP contribution in [0.4, 0.5) is 0 Å². The van der Waals surface area contributed by atoms with E-state index >= 15 is 0 Å². The second kappa shape index (κ2) is 4.81. The number of hydrogen-bond acceptors (Lipinski definition) is 1. The minimum atomic E-state index is -0.462. The second-order valence-electron chi connectivity index (χ2n) is 5.03. The van der Waals surface area contributed by atoms with Crippen molar-refractivity contribution in [1.82, 2.24) is 0 Å². The van der Waals surface area contributed by atoms with Gasteiger partial charge in [0.1, 0.15) is 5.41 Å². The number of halogens is 1. The van der Waals surface area contributed by atoms with E-state index in [1.807, 2.05) is 36.4 Å². The molecule has 0 saturated heterocycles.